The lowest BCUT2D eigenvalue weighted by molar-refractivity contribution is 0.566. The predicted molar refractivity (Wildman–Crippen MR) is 77.4 cm³/mol. The molecule has 0 radical (unpaired) electrons. The molecule has 1 atom stereocenters. The summed E-state index contributed by atoms with van der Waals surface area (Å²) in [4.78, 5) is 18.9. The van der Waals surface area contributed by atoms with Crippen molar-refractivity contribution < 1.29 is 0 Å². The second kappa shape index (κ2) is 6.70. The third-order valence-electron chi connectivity index (χ3n) is 3.78. The molecular formula is C14H24N4O. The van der Waals surface area contributed by atoms with Gasteiger partial charge in [0.2, 0.25) is 0 Å². The van der Waals surface area contributed by atoms with Gasteiger partial charge in [-0.3, -0.25) is 4.79 Å². The van der Waals surface area contributed by atoms with Gasteiger partial charge in [-0.1, -0.05) is 19.8 Å². The van der Waals surface area contributed by atoms with Crippen molar-refractivity contribution in [3.63, 3.8) is 0 Å². The van der Waals surface area contributed by atoms with Gasteiger partial charge in [-0.15, -0.1) is 0 Å². The average molecular weight is 264 g/mol. The molecule has 2 heterocycles. The number of aryl methyl sites for hydroxylation is 1. The fraction of sp³-hybridized carbons (Fsp3) is 0.714. The summed E-state index contributed by atoms with van der Waals surface area (Å²) in [7, 11) is 0. The zero-order valence-corrected chi connectivity index (χ0v) is 11.7. The van der Waals surface area contributed by atoms with Crippen molar-refractivity contribution in [1.82, 2.24) is 9.55 Å². The van der Waals surface area contributed by atoms with E-state index in [1.165, 1.54) is 12.8 Å². The van der Waals surface area contributed by atoms with Crippen molar-refractivity contribution in [2.45, 2.75) is 51.6 Å². The summed E-state index contributed by atoms with van der Waals surface area (Å²) >= 11 is 0. The van der Waals surface area contributed by atoms with Crippen LogP contribution >= 0.6 is 0 Å². The van der Waals surface area contributed by atoms with E-state index in [0.717, 1.165) is 32.4 Å². The quantitative estimate of drug-likeness (QED) is 0.892. The summed E-state index contributed by atoms with van der Waals surface area (Å²) in [6.45, 7) is 4.29. The molecule has 0 spiro atoms. The molecule has 0 saturated carbocycles. The lowest BCUT2D eigenvalue weighted by atomic mass is 10.1. The Labute approximate surface area is 114 Å². The van der Waals surface area contributed by atoms with Crippen LogP contribution in [0.15, 0.2) is 17.2 Å². The molecule has 1 aromatic rings. The van der Waals surface area contributed by atoms with Gasteiger partial charge in [0.1, 0.15) is 0 Å². The highest BCUT2D eigenvalue weighted by Crippen LogP contribution is 2.19. The fourth-order valence-electron chi connectivity index (χ4n) is 2.75. The molecule has 1 fully saturated rings. The van der Waals surface area contributed by atoms with Gasteiger partial charge < -0.3 is 15.2 Å². The van der Waals surface area contributed by atoms with Crippen molar-refractivity contribution in [1.29, 1.82) is 0 Å². The number of aromatic nitrogens is 2. The molecule has 2 rings (SSSR count). The molecule has 1 aliphatic rings. The number of nitrogens with zero attached hydrogens (tertiary/aromatic N) is 3. The molecule has 1 saturated heterocycles. The molecule has 106 valence electrons. The summed E-state index contributed by atoms with van der Waals surface area (Å²) in [6.07, 6.45) is 9.01. The first-order valence-electron chi connectivity index (χ1n) is 7.30. The maximum Gasteiger partial charge on any atom is 0.293 e. The van der Waals surface area contributed by atoms with Crippen LogP contribution in [0, 0.1) is 0 Å². The van der Waals surface area contributed by atoms with Crippen molar-refractivity contribution in [3.8, 4) is 0 Å². The van der Waals surface area contributed by atoms with Crippen molar-refractivity contribution in [3.05, 3.63) is 22.7 Å². The molecule has 0 aromatic carbocycles. The summed E-state index contributed by atoms with van der Waals surface area (Å²) in [5.41, 5.74) is 5.89. The minimum absolute atomic E-state index is 0.0182. The summed E-state index contributed by atoms with van der Waals surface area (Å²) in [5.74, 6) is 0.577. The number of anilines is 1. The van der Waals surface area contributed by atoms with E-state index in [2.05, 4.69) is 16.8 Å². The molecule has 2 N–H and O–H groups in total. The number of hydrogen-bond donors (Lipinski definition) is 1. The number of rotatable bonds is 4. The largest absolute Gasteiger partial charge is 0.348 e. The van der Waals surface area contributed by atoms with Gasteiger partial charge in [0.05, 0.1) is 0 Å². The maximum atomic E-state index is 12.4. The normalized spacial score (nSPS) is 20.3. The number of hydrogen-bond acceptors (Lipinski definition) is 4. The van der Waals surface area contributed by atoms with Gasteiger partial charge in [0.15, 0.2) is 5.82 Å². The molecular weight excluding hydrogens is 240 g/mol. The molecule has 0 bridgehead atoms. The van der Waals surface area contributed by atoms with E-state index >= 15 is 0 Å². The number of nitrogens with two attached hydrogens (primary N) is 1. The van der Waals surface area contributed by atoms with Gasteiger partial charge in [-0.05, 0) is 19.3 Å². The van der Waals surface area contributed by atoms with Crippen LogP contribution in [0.4, 0.5) is 5.82 Å². The summed E-state index contributed by atoms with van der Waals surface area (Å²) in [6, 6.07) is 0.250. The molecule has 1 aliphatic heterocycles. The van der Waals surface area contributed by atoms with E-state index in [-0.39, 0.29) is 11.6 Å². The van der Waals surface area contributed by atoms with Crippen LogP contribution in [0.2, 0.25) is 0 Å². The van der Waals surface area contributed by atoms with Crippen LogP contribution in [0.25, 0.3) is 0 Å². The molecule has 5 heteroatoms. The Kier molecular flexibility index (Phi) is 4.96. The highest BCUT2D eigenvalue weighted by molar-refractivity contribution is 5.37. The minimum atomic E-state index is 0.0182. The standard InChI is InChI=1S/C14H24N4O/c1-2-8-17-10-7-16-13(14(17)19)18-9-5-3-4-6-12(18)11-15/h7,10,12H,2-6,8-9,11,15H2,1H3. The highest BCUT2D eigenvalue weighted by Gasteiger charge is 2.23. The molecule has 19 heavy (non-hydrogen) atoms. The monoisotopic (exact) mass is 264 g/mol. The van der Waals surface area contributed by atoms with Crippen LogP contribution in [0.1, 0.15) is 39.0 Å². The third-order valence-corrected chi connectivity index (χ3v) is 3.78. The van der Waals surface area contributed by atoms with Crippen LogP contribution in [-0.2, 0) is 6.54 Å². The van der Waals surface area contributed by atoms with E-state index in [1.54, 1.807) is 17.0 Å². The Hall–Kier alpha value is -1.36. The van der Waals surface area contributed by atoms with Crippen LogP contribution in [-0.4, -0.2) is 28.7 Å². The Morgan fingerprint density at radius 3 is 3.00 bits per heavy atom. The maximum absolute atomic E-state index is 12.4. The second-order valence-electron chi connectivity index (χ2n) is 5.18. The molecule has 1 aromatic heterocycles. The van der Waals surface area contributed by atoms with Gasteiger partial charge in [-0.2, -0.15) is 0 Å². The van der Waals surface area contributed by atoms with Gasteiger partial charge in [0, 0.05) is 38.1 Å². The first kappa shape index (κ1) is 14.1. The Bertz CT molecular complexity index is 457. The first-order valence-corrected chi connectivity index (χ1v) is 7.30. The second-order valence-corrected chi connectivity index (χ2v) is 5.18. The SMILES string of the molecule is CCCn1ccnc(N2CCCCCC2CN)c1=O. The highest BCUT2D eigenvalue weighted by atomic mass is 16.1. The van der Waals surface area contributed by atoms with E-state index in [9.17, 15) is 4.79 Å². The van der Waals surface area contributed by atoms with Crippen molar-refractivity contribution >= 4 is 5.82 Å². The van der Waals surface area contributed by atoms with Crippen molar-refractivity contribution in [2.24, 2.45) is 5.73 Å². The van der Waals surface area contributed by atoms with E-state index in [0.29, 0.717) is 12.4 Å². The van der Waals surface area contributed by atoms with Gasteiger partial charge in [-0.25, -0.2) is 4.98 Å². The van der Waals surface area contributed by atoms with Crippen LogP contribution < -0.4 is 16.2 Å². The Morgan fingerprint density at radius 1 is 1.42 bits per heavy atom. The average Bonchev–Trinajstić information content (AvgIpc) is 2.66. The van der Waals surface area contributed by atoms with Crippen LogP contribution in [0.5, 0.6) is 0 Å². The molecule has 1 unspecified atom stereocenters. The van der Waals surface area contributed by atoms with Gasteiger partial charge >= 0.3 is 0 Å². The minimum Gasteiger partial charge on any atom is -0.348 e. The van der Waals surface area contributed by atoms with E-state index < -0.39 is 0 Å². The predicted octanol–water partition coefficient (Wildman–Crippen LogP) is 1.36. The Balaban J connectivity index is 2.33. The van der Waals surface area contributed by atoms with Crippen molar-refractivity contribution in [2.75, 3.05) is 18.0 Å². The van der Waals surface area contributed by atoms with E-state index in [4.69, 9.17) is 5.73 Å². The molecule has 0 aliphatic carbocycles. The smallest absolute Gasteiger partial charge is 0.293 e. The zero-order chi connectivity index (χ0) is 13.7. The van der Waals surface area contributed by atoms with Gasteiger partial charge in [0.25, 0.3) is 5.56 Å². The first-order chi connectivity index (χ1) is 9.27. The topological polar surface area (TPSA) is 64.2 Å². The fourth-order valence-corrected chi connectivity index (χ4v) is 2.75. The third kappa shape index (κ3) is 3.15. The zero-order valence-electron chi connectivity index (χ0n) is 11.7. The molecule has 0 amide bonds. The van der Waals surface area contributed by atoms with Crippen LogP contribution in [0.3, 0.4) is 0 Å². The summed E-state index contributed by atoms with van der Waals surface area (Å²) < 4.78 is 1.75. The summed E-state index contributed by atoms with van der Waals surface area (Å²) in [5, 5.41) is 0. The molecule has 5 nitrogen and oxygen atoms in total. The lowest BCUT2D eigenvalue weighted by Crippen LogP contribution is -2.44. The Morgan fingerprint density at radius 2 is 2.26 bits per heavy atom. The lowest BCUT2D eigenvalue weighted by Gasteiger charge is -2.29. The van der Waals surface area contributed by atoms with E-state index in [1.807, 2.05) is 0 Å².